The van der Waals surface area contributed by atoms with Gasteiger partial charge in [0.05, 0.1) is 18.9 Å². The molecule has 9 heteroatoms. The third kappa shape index (κ3) is 3.12. The minimum Gasteiger partial charge on any atom is -0.491 e. The van der Waals surface area contributed by atoms with Gasteiger partial charge >= 0.3 is 0 Å². The molecule has 2 aliphatic rings. The molecule has 1 aromatic heterocycles. The molecule has 2 amide bonds. The maximum atomic E-state index is 12.1. The van der Waals surface area contributed by atoms with Gasteiger partial charge in [-0.1, -0.05) is 11.8 Å². The Bertz CT molecular complexity index is 1080. The lowest BCUT2D eigenvalue weighted by atomic mass is 10.0. The number of nitrogens with zero attached hydrogens (tertiary/aromatic N) is 3. The van der Waals surface area contributed by atoms with Crippen molar-refractivity contribution in [3.05, 3.63) is 40.7 Å². The molecule has 0 bridgehead atoms. The molecular weight excluding hydrogens is 376 g/mol. The van der Waals surface area contributed by atoms with Crippen molar-refractivity contribution in [3.8, 4) is 23.3 Å². The fourth-order valence-corrected chi connectivity index (χ4v) is 3.59. The Morgan fingerprint density at radius 1 is 1.45 bits per heavy atom. The van der Waals surface area contributed by atoms with Gasteiger partial charge in [-0.3, -0.25) is 9.59 Å². The molecule has 1 fully saturated rings. The number of carbonyl (C=O) groups is 2. The second-order valence-electron chi connectivity index (χ2n) is 7.08. The third-order valence-electron chi connectivity index (χ3n) is 5.19. The highest BCUT2D eigenvalue weighted by molar-refractivity contribution is 5.92. The van der Waals surface area contributed by atoms with Gasteiger partial charge in [0.25, 0.3) is 11.8 Å². The van der Waals surface area contributed by atoms with Crippen LogP contribution in [0.1, 0.15) is 33.7 Å². The fourth-order valence-electron chi connectivity index (χ4n) is 3.59. The first-order valence-electron chi connectivity index (χ1n) is 9.14. The molecule has 4 rings (SSSR count). The molecule has 2 aliphatic heterocycles. The summed E-state index contributed by atoms with van der Waals surface area (Å²) in [6.07, 6.45) is 0.682. The minimum atomic E-state index is -1.70. The Morgan fingerprint density at radius 3 is 2.90 bits per heavy atom. The van der Waals surface area contributed by atoms with Gasteiger partial charge < -0.3 is 25.6 Å². The minimum absolute atomic E-state index is 0.0146. The first-order chi connectivity index (χ1) is 13.8. The zero-order valence-corrected chi connectivity index (χ0v) is 15.8. The van der Waals surface area contributed by atoms with Crippen molar-refractivity contribution in [2.45, 2.75) is 25.0 Å². The van der Waals surface area contributed by atoms with Crippen LogP contribution in [-0.4, -0.2) is 62.5 Å². The van der Waals surface area contributed by atoms with Crippen LogP contribution in [0, 0.1) is 11.8 Å². The monoisotopic (exact) mass is 396 g/mol. The van der Waals surface area contributed by atoms with Gasteiger partial charge in [0, 0.05) is 37.6 Å². The van der Waals surface area contributed by atoms with Crippen LogP contribution in [0.25, 0.3) is 5.69 Å². The summed E-state index contributed by atoms with van der Waals surface area (Å²) in [5.41, 5.74) is 5.81. The number of likely N-dealkylation sites (tertiary alicyclic amines) is 1. The highest BCUT2D eigenvalue weighted by Crippen LogP contribution is 2.31. The van der Waals surface area contributed by atoms with E-state index in [0.29, 0.717) is 47.8 Å². The van der Waals surface area contributed by atoms with Gasteiger partial charge in [0.1, 0.15) is 11.4 Å². The topological polar surface area (TPSA) is 131 Å². The largest absolute Gasteiger partial charge is 0.491 e. The smallest absolute Gasteiger partial charge is 0.269 e. The molecule has 1 aromatic carbocycles. The number of rotatable bonds is 2. The van der Waals surface area contributed by atoms with Crippen LogP contribution < -0.4 is 10.5 Å². The van der Waals surface area contributed by atoms with Gasteiger partial charge in [-0.05, 0) is 18.2 Å². The second-order valence-corrected chi connectivity index (χ2v) is 7.08. The maximum absolute atomic E-state index is 12.1. The highest BCUT2D eigenvalue weighted by atomic mass is 16.5. The van der Waals surface area contributed by atoms with Crippen LogP contribution in [0.2, 0.25) is 0 Å². The van der Waals surface area contributed by atoms with Crippen molar-refractivity contribution in [1.29, 1.82) is 0 Å². The van der Waals surface area contributed by atoms with Crippen LogP contribution in [0.3, 0.4) is 0 Å². The molecule has 150 valence electrons. The standard InChI is InChI=1S/C20H20N4O5/c1-23-8-7-20(28,19(23)27)6-4-12-2-3-16-15(10-12)24-14(5-9-29-16)13(11-25)17(22-24)18(21)26/h2-3,10,25,28H,5,7-9,11H2,1H3,(H2,21,26). The van der Waals surface area contributed by atoms with E-state index in [2.05, 4.69) is 16.9 Å². The predicted octanol–water partition coefficient (Wildman–Crippen LogP) is -0.657. The zero-order chi connectivity index (χ0) is 20.8. The van der Waals surface area contributed by atoms with Crippen molar-refractivity contribution in [2.24, 2.45) is 5.73 Å². The Hall–Kier alpha value is -3.35. The Labute approximate surface area is 166 Å². The average Bonchev–Trinajstić information content (AvgIpc) is 3.13. The highest BCUT2D eigenvalue weighted by Gasteiger charge is 2.42. The fraction of sp³-hybridized carbons (Fsp3) is 0.350. The lowest BCUT2D eigenvalue weighted by Crippen LogP contribution is -2.37. The second kappa shape index (κ2) is 6.92. The van der Waals surface area contributed by atoms with Crippen molar-refractivity contribution in [1.82, 2.24) is 14.7 Å². The lowest BCUT2D eigenvalue weighted by molar-refractivity contribution is -0.137. The molecule has 1 saturated heterocycles. The number of amides is 2. The van der Waals surface area contributed by atoms with Gasteiger partial charge in [0.2, 0.25) is 5.60 Å². The quantitative estimate of drug-likeness (QED) is 0.578. The molecule has 4 N–H and O–H groups in total. The van der Waals surface area contributed by atoms with E-state index >= 15 is 0 Å². The van der Waals surface area contributed by atoms with Crippen molar-refractivity contribution < 1.29 is 24.5 Å². The summed E-state index contributed by atoms with van der Waals surface area (Å²) < 4.78 is 7.29. The Morgan fingerprint density at radius 2 is 2.24 bits per heavy atom. The van der Waals surface area contributed by atoms with Gasteiger partial charge in [-0.2, -0.15) is 5.10 Å². The number of likely N-dealkylation sites (N-methyl/N-ethyl adjacent to an activating group) is 1. The predicted molar refractivity (Wildman–Crippen MR) is 101 cm³/mol. The number of nitrogens with two attached hydrogens (primary N) is 1. The summed E-state index contributed by atoms with van der Waals surface area (Å²) >= 11 is 0. The van der Waals surface area contributed by atoms with Gasteiger partial charge in [-0.15, -0.1) is 0 Å². The van der Waals surface area contributed by atoms with Crippen LogP contribution in [0.15, 0.2) is 18.2 Å². The Balaban J connectivity index is 1.79. The number of benzene rings is 1. The lowest BCUT2D eigenvalue weighted by Gasteiger charge is -2.13. The zero-order valence-electron chi connectivity index (χ0n) is 15.8. The van der Waals surface area contributed by atoms with Crippen molar-refractivity contribution >= 4 is 11.8 Å². The van der Waals surface area contributed by atoms with E-state index in [1.807, 2.05) is 0 Å². The SMILES string of the molecule is CN1CCC(O)(C#Cc2ccc3c(c2)-n2nc(C(N)=O)c(CO)c2CCO3)C1=O. The van der Waals surface area contributed by atoms with E-state index in [1.165, 1.54) is 9.58 Å². The average molecular weight is 396 g/mol. The van der Waals surface area contributed by atoms with E-state index < -0.39 is 17.4 Å². The van der Waals surface area contributed by atoms with Gasteiger partial charge in [-0.25, -0.2) is 4.68 Å². The summed E-state index contributed by atoms with van der Waals surface area (Å²) in [6, 6.07) is 5.13. The molecule has 2 aromatic rings. The molecule has 1 atom stereocenters. The normalized spacial score (nSPS) is 20.2. The molecule has 0 saturated carbocycles. The van der Waals surface area contributed by atoms with Crippen LogP contribution >= 0.6 is 0 Å². The number of carbonyl (C=O) groups excluding carboxylic acids is 2. The van der Waals surface area contributed by atoms with E-state index in [-0.39, 0.29) is 18.7 Å². The number of aromatic nitrogens is 2. The molecule has 0 aliphatic carbocycles. The number of primary amides is 1. The van der Waals surface area contributed by atoms with E-state index in [1.54, 1.807) is 25.2 Å². The van der Waals surface area contributed by atoms with E-state index in [0.717, 1.165) is 0 Å². The molecule has 3 heterocycles. The first kappa shape index (κ1) is 19.0. The number of aliphatic hydroxyl groups excluding tert-OH is 1. The summed E-state index contributed by atoms with van der Waals surface area (Å²) in [4.78, 5) is 25.3. The Kier molecular flexibility index (Phi) is 4.53. The van der Waals surface area contributed by atoms with Crippen LogP contribution in [0.5, 0.6) is 5.75 Å². The number of fused-ring (bicyclic) bond motifs is 3. The molecule has 29 heavy (non-hydrogen) atoms. The van der Waals surface area contributed by atoms with Crippen LogP contribution in [-0.2, 0) is 17.8 Å². The summed E-state index contributed by atoms with van der Waals surface area (Å²) in [5, 5.41) is 24.5. The van der Waals surface area contributed by atoms with Crippen molar-refractivity contribution in [2.75, 3.05) is 20.2 Å². The van der Waals surface area contributed by atoms with E-state index in [9.17, 15) is 19.8 Å². The maximum Gasteiger partial charge on any atom is 0.269 e. The number of ether oxygens (including phenoxy) is 1. The molecule has 0 radical (unpaired) electrons. The summed E-state index contributed by atoms with van der Waals surface area (Å²) in [6.45, 7) is 0.416. The number of hydrogen-bond donors (Lipinski definition) is 3. The third-order valence-corrected chi connectivity index (χ3v) is 5.19. The van der Waals surface area contributed by atoms with E-state index in [4.69, 9.17) is 10.5 Å². The number of aliphatic hydroxyl groups is 2. The van der Waals surface area contributed by atoms with Gasteiger partial charge in [0.15, 0.2) is 5.69 Å². The molecular formula is C20H20N4O5. The molecule has 9 nitrogen and oxygen atoms in total. The number of hydrogen-bond acceptors (Lipinski definition) is 6. The summed E-state index contributed by atoms with van der Waals surface area (Å²) in [5.74, 6) is 4.92. The summed E-state index contributed by atoms with van der Waals surface area (Å²) in [7, 11) is 1.62. The first-order valence-corrected chi connectivity index (χ1v) is 9.14. The molecule has 1 unspecified atom stereocenters. The molecule has 0 spiro atoms. The van der Waals surface area contributed by atoms with Crippen molar-refractivity contribution in [3.63, 3.8) is 0 Å². The van der Waals surface area contributed by atoms with Crippen LogP contribution in [0.4, 0.5) is 0 Å².